The first-order chi connectivity index (χ1) is 8.56. The van der Waals surface area contributed by atoms with Crippen LogP contribution in [0.15, 0.2) is 17.7 Å². The second-order valence-corrected chi connectivity index (χ2v) is 8.53. The molecule has 0 radical (unpaired) electrons. The fourth-order valence-corrected chi connectivity index (χ4v) is 2.58. The van der Waals surface area contributed by atoms with E-state index in [-0.39, 0.29) is 0 Å². The Hall–Kier alpha value is 0.423. The number of halogens is 2. The average Bonchev–Trinajstić information content (AvgIpc) is 2.62. The summed E-state index contributed by atoms with van der Waals surface area (Å²) in [6.07, 6.45) is 3.62. The molecule has 0 amide bonds. The summed E-state index contributed by atoms with van der Waals surface area (Å²) in [5.41, 5.74) is 9.23. The minimum absolute atomic E-state index is 0.826. The molecule has 0 aromatic heterocycles. The van der Waals surface area contributed by atoms with Gasteiger partial charge in [-0.15, -0.1) is 0 Å². The van der Waals surface area contributed by atoms with Gasteiger partial charge in [0.05, 0.1) is 0 Å². The zero-order valence-corrected chi connectivity index (χ0v) is 15.5. The van der Waals surface area contributed by atoms with Gasteiger partial charge in [-0.2, -0.15) is 0 Å². The second kappa shape index (κ2) is 7.88. The van der Waals surface area contributed by atoms with Gasteiger partial charge >= 0.3 is 37.9 Å². The fourth-order valence-electron chi connectivity index (χ4n) is 2.58. The fraction of sp³-hybridized carbons (Fsp3) is 0.467. The molecular formula is C15H20Cl2Zr. The molecule has 0 N–H and O–H groups in total. The van der Waals surface area contributed by atoms with Crippen molar-refractivity contribution < 1.29 is 20.8 Å². The normalized spacial score (nSPS) is 13.0. The number of aryl methyl sites for hydroxylation is 2. The Morgan fingerprint density at radius 1 is 1.17 bits per heavy atom. The van der Waals surface area contributed by atoms with E-state index in [1.807, 2.05) is 0 Å². The SMILES string of the molecule is CCCc1ccc(C)c2c1C(C)=C(C)C2.[Cl][Zr][Cl]. The van der Waals surface area contributed by atoms with Crippen LogP contribution in [-0.2, 0) is 33.7 Å². The number of rotatable bonds is 2. The zero-order valence-electron chi connectivity index (χ0n) is 11.5. The summed E-state index contributed by atoms with van der Waals surface area (Å²) in [6.45, 7) is 9.04. The van der Waals surface area contributed by atoms with Crippen molar-refractivity contribution in [3.05, 3.63) is 40.0 Å². The maximum atomic E-state index is 4.93. The Morgan fingerprint density at radius 3 is 2.33 bits per heavy atom. The van der Waals surface area contributed by atoms with Crippen LogP contribution in [0.5, 0.6) is 0 Å². The van der Waals surface area contributed by atoms with Crippen molar-refractivity contribution in [2.24, 2.45) is 0 Å². The van der Waals surface area contributed by atoms with Gasteiger partial charge in [0.15, 0.2) is 0 Å². The summed E-state index contributed by atoms with van der Waals surface area (Å²) in [5.74, 6) is 0. The van der Waals surface area contributed by atoms with Gasteiger partial charge in [-0.3, -0.25) is 0 Å². The van der Waals surface area contributed by atoms with E-state index in [0.717, 1.165) is 0 Å². The van der Waals surface area contributed by atoms with Crippen LogP contribution in [0.1, 0.15) is 49.4 Å². The molecule has 0 nitrogen and oxygen atoms in total. The molecular weight excluding hydrogens is 342 g/mol. The van der Waals surface area contributed by atoms with Gasteiger partial charge in [-0.05, 0) is 61.4 Å². The molecule has 0 saturated carbocycles. The Balaban J connectivity index is 0.000000492. The van der Waals surface area contributed by atoms with E-state index in [9.17, 15) is 0 Å². The zero-order chi connectivity index (χ0) is 13.7. The van der Waals surface area contributed by atoms with Gasteiger partial charge < -0.3 is 0 Å². The molecule has 0 heterocycles. The van der Waals surface area contributed by atoms with Crippen LogP contribution in [0, 0.1) is 6.92 Å². The van der Waals surface area contributed by atoms with Crippen molar-refractivity contribution >= 4 is 22.6 Å². The summed E-state index contributed by atoms with van der Waals surface area (Å²) < 4.78 is 0. The number of hydrogen-bond acceptors (Lipinski definition) is 0. The molecule has 18 heavy (non-hydrogen) atoms. The third-order valence-corrected chi connectivity index (χ3v) is 3.61. The Bertz CT molecular complexity index is 450. The molecule has 3 heteroatoms. The van der Waals surface area contributed by atoms with Crippen LogP contribution < -0.4 is 0 Å². The number of benzene rings is 1. The van der Waals surface area contributed by atoms with Crippen LogP contribution in [0.25, 0.3) is 5.57 Å². The van der Waals surface area contributed by atoms with Gasteiger partial charge in [0.1, 0.15) is 0 Å². The van der Waals surface area contributed by atoms with Crippen molar-refractivity contribution in [3.63, 3.8) is 0 Å². The Kier molecular flexibility index (Phi) is 7.21. The van der Waals surface area contributed by atoms with E-state index < -0.39 is 20.8 Å². The van der Waals surface area contributed by atoms with E-state index in [2.05, 4.69) is 39.8 Å². The predicted molar refractivity (Wildman–Crippen MR) is 78.9 cm³/mol. The molecule has 1 aromatic carbocycles. The molecule has 0 fully saturated rings. The molecule has 1 aliphatic carbocycles. The van der Waals surface area contributed by atoms with Crippen LogP contribution in [-0.4, -0.2) is 0 Å². The third-order valence-electron chi connectivity index (χ3n) is 3.61. The van der Waals surface area contributed by atoms with E-state index in [1.54, 1.807) is 22.3 Å². The molecule has 0 bridgehead atoms. The molecule has 0 unspecified atom stereocenters. The molecule has 2 rings (SSSR count). The summed E-state index contributed by atoms with van der Waals surface area (Å²) in [4.78, 5) is 0. The van der Waals surface area contributed by atoms with Crippen LogP contribution in [0.2, 0.25) is 0 Å². The molecule has 0 aliphatic heterocycles. The average molecular weight is 362 g/mol. The number of allylic oxidation sites excluding steroid dienone is 2. The topological polar surface area (TPSA) is 0 Å². The van der Waals surface area contributed by atoms with Gasteiger partial charge in [0, 0.05) is 0 Å². The van der Waals surface area contributed by atoms with E-state index in [1.165, 1.54) is 30.4 Å². The summed E-state index contributed by atoms with van der Waals surface area (Å²) in [6, 6.07) is 4.61. The van der Waals surface area contributed by atoms with E-state index in [4.69, 9.17) is 17.0 Å². The van der Waals surface area contributed by atoms with Crippen molar-refractivity contribution in [1.82, 2.24) is 0 Å². The van der Waals surface area contributed by atoms with Crippen molar-refractivity contribution in [3.8, 4) is 0 Å². The van der Waals surface area contributed by atoms with Gasteiger partial charge in [0.25, 0.3) is 0 Å². The Morgan fingerprint density at radius 2 is 1.78 bits per heavy atom. The molecule has 1 aromatic rings. The molecule has 0 spiro atoms. The van der Waals surface area contributed by atoms with Crippen molar-refractivity contribution in [2.45, 2.75) is 47.0 Å². The standard InChI is InChI=1S/C15H20.2ClH.Zr/c1-5-6-13-8-7-10(2)14-9-11(3)12(4)15(13)14;;;/h7-8H,5-6,9H2,1-4H3;2*1H;/q;;;+2/p-2. The van der Waals surface area contributed by atoms with E-state index >= 15 is 0 Å². The second-order valence-electron chi connectivity index (χ2n) is 4.80. The minimum atomic E-state index is -0.826. The van der Waals surface area contributed by atoms with Gasteiger partial charge in [-0.25, -0.2) is 0 Å². The maximum absolute atomic E-state index is 4.93. The van der Waals surface area contributed by atoms with Gasteiger partial charge in [-0.1, -0.05) is 31.1 Å². The number of fused-ring (bicyclic) bond motifs is 1. The summed E-state index contributed by atoms with van der Waals surface area (Å²) in [7, 11) is 9.87. The predicted octanol–water partition coefficient (Wildman–Crippen LogP) is 5.67. The monoisotopic (exact) mass is 360 g/mol. The molecule has 0 saturated heterocycles. The van der Waals surface area contributed by atoms with Crippen LogP contribution in [0.4, 0.5) is 0 Å². The first-order valence-electron chi connectivity index (χ1n) is 6.31. The summed E-state index contributed by atoms with van der Waals surface area (Å²) in [5, 5.41) is 0. The van der Waals surface area contributed by atoms with Crippen molar-refractivity contribution in [1.29, 1.82) is 0 Å². The van der Waals surface area contributed by atoms with E-state index in [0.29, 0.717) is 0 Å². The Labute approximate surface area is 129 Å². The van der Waals surface area contributed by atoms with Gasteiger partial charge in [0.2, 0.25) is 0 Å². The van der Waals surface area contributed by atoms with Crippen molar-refractivity contribution in [2.75, 3.05) is 0 Å². The molecule has 1 aliphatic rings. The molecule has 98 valence electrons. The first-order valence-corrected chi connectivity index (χ1v) is 12.6. The van der Waals surface area contributed by atoms with Crippen LogP contribution in [0.3, 0.4) is 0 Å². The quantitative estimate of drug-likeness (QED) is 0.635. The summed E-state index contributed by atoms with van der Waals surface area (Å²) >= 11 is -0.826. The number of hydrogen-bond donors (Lipinski definition) is 0. The third kappa shape index (κ3) is 3.72. The van der Waals surface area contributed by atoms with Crippen LogP contribution >= 0.6 is 17.0 Å². The molecule has 0 atom stereocenters. The first kappa shape index (κ1) is 16.5.